The zero-order valence-electron chi connectivity index (χ0n) is 12.0. The third kappa shape index (κ3) is 6.92. The van der Waals surface area contributed by atoms with Crippen molar-refractivity contribution in [3.63, 3.8) is 0 Å². The van der Waals surface area contributed by atoms with Crippen LogP contribution in [0.25, 0.3) is 0 Å². The van der Waals surface area contributed by atoms with Gasteiger partial charge in [0.2, 0.25) is 0 Å². The summed E-state index contributed by atoms with van der Waals surface area (Å²) in [6.07, 6.45) is 9.90. The minimum Gasteiger partial charge on any atom is -0.386 e. The fourth-order valence-electron chi connectivity index (χ4n) is 1.98. The van der Waals surface area contributed by atoms with Gasteiger partial charge in [-0.3, -0.25) is 0 Å². The van der Waals surface area contributed by atoms with Crippen LogP contribution in [0.4, 0.5) is 0 Å². The molecule has 0 aromatic carbocycles. The first-order valence-corrected chi connectivity index (χ1v) is 7.09. The number of nitrogens with one attached hydrogen (secondary N) is 1. The van der Waals surface area contributed by atoms with E-state index < -0.39 is 0 Å². The van der Waals surface area contributed by atoms with Gasteiger partial charge in [-0.2, -0.15) is 0 Å². The van der Waals surface area contributed by atoms with Gasteiger partial charge in [0, 0.05) is 11.7 Å². The molecule has 0 saturated carbocycles. The minimum atomic E-state index is 0.685. The van der Waals surface area contributed by atoms with Gasteiger partial charge in [-0.1, -0.05) is 46.6 Å². The Bertz CT molecular complexity index is 184. The SMILES string of the molecule is C/C=C(\CC)NC(CCC)CCC(C)CC. The van der Waals surface area contributed by atoms with Gasteiger partial charge >= 0.3 is 0 Å². The molecule has 0 rings (SSSR count). The topological polar surface area (TPSA) is 12.0 Å². The highest BCUT2D eigenvalue weighted by Gasteiger charge is 2.09. The first-order valence-electron chi connectivity index (χ1n) is 7.09. The lowest BCUT2D eigenvalue weighted by molar-refractivity contribution is 0.408. The second-order valence-corrected chi connectivity index (χ2v) is 4.89. The second-order valence-electron chi connectivity index (χ2n) is 4.89. The molecule has 0 saturated heterocycles. The summed E-state index contributed by atoms with van der Waals surface area (Å²) in [5.74, 6) is 0.872. The molecule has 1 nitrogen and oxygen atoms in total. The van der Waals surface area contributed by atoms with E-state index in [1.165, 1.54) is 37.8 Å². The molecular weight excluding hydrogens is 194 g/mol. The van der Waals surface area contributed by atoms with E-state index in [9.17, 15) is 0 Å². The normalized spacial score (nSPS) is 15.9. The van der Waals surface area contributed by atoms with Crippen molar-refractivity contribution >= 4 is 0 Å². The second kappa shape index (κ2) is 9.74. The predicted octanol–water partition coefficient (Wildman–Crippen LogP) is 4.88. The zero-order chi connectivity index (χ0) is 12.4. The van der Waals surface area contributed by atoms with Crippen molar-refractivity contribution in [3.05, 3.63) is 11.8 Å². The molecule has 1 heteroatoms. The molecule has 2 atom stereocenters. The molecule has 0 aliphatic rings. The van der Waals surface area contributed by atoms with Gasteiger partial charge in [0.15, 0.2) is 0 Å². The van der Waals surface area contributed by atoms with Crippen molar-refractivity contribution in [2.24, 2.45) is 5.92 Å². The Morgan fingerprint density at radius 1 is 1.12 bits per heavy atom. The Labute approximate surface area is 103 Å². The maximum Gasteiger partial charge on any atom is 0.0258 e. The van der Waals surface area contributed by atoms with Crippen LogP contribution in [0.3, 0.4) is 0 Å². The summed E-state index contributed by atoms with van der Waals surface area (Å²) in [7, 11) is 0. The highest BCUT2D eigenvalue weighted by molar-refractivity contribution is 4.98. The van der Waals surface area contributed by atoms with Crippen LogP contribution in [0.1, 0.15) is 73.1 Å². The van der Waals surface area contributed by atoms with Gasteiger partial charge < -0.3 is 5.32 Å². The molecule has 1 N–H and O–H groups in total. The van der Waals surface area contributed by atoms with Crippen LogP contribution in [0.2, 0.25) is 0 Å². The summed E-state index contributed by atoms with van der Waals surface area (Å²) in [5, 5.41) is 3.69. The van der Waals surface area contributed by atoms with Crippen LogP contribution in [0.15, 0.2) is 11.8 Å². The summed E-state index contributed by atoms with van der Waals surface area (Å²) < 4.78 is 0. The van der Waals surface area contributed by atoms with Gasteiger partial charge in [0.25, 0.3) is 0 Å². The highest BCUT2D eigenvalue weighted by Crippen LogP contribution is 2.15. The first-order chi connectivity index (χ1) is 7.67. The summed E-state index contributed by atoms with van der Waals surface area (Å²) in [4.78, 5) is 0. The monoisotopic (exact) mass is 225 g/mol. The fraction of sp³-hybridized carbons (Fsp3) is 0.867. The lowest BCUT2D eigenvalue weighted by Gasteiger charge is -2.22. The van der Waals surface area contributed by atoms with E-state index in [0.717, 1.165) is 12.3 Å². The van der Waals surface area contributed by atoms with Crippen LogP contribution in [0.5, 0.6) is 0 Å². The van der Waals surface area contributed by atoms with Crippen LogP contribution in [-0.2, 0) is 0 Å². The summed E-state index contributed by atoms with van der Waals surface area (Å²) in [5.41, 5.74) is 1.41. The maximum atomic E-state index is 3.69. The Balaban J connectivity index is 4.05. The third-order valence-electron chi connectivity index (χ3n) is 3.46. The van der Waals surface area contributed by atoms with Gasteiger partial charge in [-0.05, 0) is 38.5 Å². The van der Waals surface area contributed by atoms with Crippen LogP contribution in [0, 0.1) is 5.92 Å². The van der Waals surface area contributed by atoms with E-state index in [2.05, 4.69) is 46.0 Å². The zero-order valence-corrected chi connectivity index (χ0v) is 12.0. The van der Waals surface area contributed by atoms with Crippen molar-refractivity contribution < 1.29 is 0 Å². The summed E-state index contributed by atoms with van der Waals surface area (Å²) in [6, 6.07) is 0.685. The molecule has 0 amide bonds. The molecule has 16 heavy (non-hydrogen) atoms. The average molecular weight is 225 g/mol. The lowest BCUT2D eigenvalue weighted by Crippen LogP contribution is -2.28. The van der Waals surface area contributed by atoms with Crippen molar-refractivity contribution in [2.45, 2.75) is 79.2 Å². The molecule has 0 spiro atoms. The van der Waals surface area contributed by atoms with Gasteiger partial charge in [-0.25, -0.2) is 0 Å². The van der Waals surface area contributed by atoms with Gasteiger partial charge in [-0.15, -0.1) is 0 Å². The van der Waals surface area contributed by atoms with Crippen molar-refractivity contribution in [1.82, 2.24) is 5.32 Å². The number of hydrogen-bond acceptors (Lipinski definition) is 1. The van der Waals surface area contributed by atoms with Crippen LogP contribution >= 0.6 is 0 Å². The fourth-order valence-corrected chi connectivity index (χ4v) is 1.98. The molecule has 0 aromatic rings. The van der Waals surface area contributed by atoms with Gasteiger partial charge in [0.05, 0.1) is 0 Å². The Hall–Kier alpha value is -0.460. The molecule has 0 aromatic heterocycles. The van der Waals surface area contributed by atoms with E-state index in [-0.39, 0.29) is 0 Å². The molecule has 0 radical (unpaired) electrons. The van der Waals surface area contributed by atoms with E-state index in [0.29, 0.717) is 6.04 Å². The van der Waals surface area contributed by atoms with Crippen LogP contribution < -0.4 is 5.32 Å². The molecule has 0 fully saturated rings. The Morgan fingerprint density at radius 3 is 2.25 bits per heavy atom. The molecule has 0 aliphatic carbocycles. The average Bonchev–Trinajstić information content (AvgIpc) is 2.32. The lowest BCUT2D eigenvalue weighted by atomic mass is 9.97. The van der Waals surface area contributed by atoms with E-state index in [4.69, 9.17) is 0 Å². The van der Waals surface area contributed by atoms with E-state index >= 15 is 0 Å². The minimum absolute atomic E-state index is 0.685. The third-order valence-corrected chi connectivity index (χ3v) is 3.46. The quantitative estimate of drug-likeness (QED) is 0.589. The van der Waals surface area contributed by atoms with Crippen molar-refractivity contribution in [3.8, 4) is 0 Å². The van der Waals surface area contributed by atoms with Crippen molar-refractivity contribution in [2.75, 3.05) is 0 Å². The van der Waals surface area contributed by atoms with Crippen LogP contribution in [-0.4, -0.2) is 6.04 Å². The first kappa shape index (κ1) is 15.5. The molecule has 96 valence electrons. The molecular formula is C15H31N. The predicted molar refractivity (Wildman–Crippen MR) is 74.6 cm³/mol. The van der Waals surface area contributed by atoms with E-state index in [1.54, 1.807) is 0 Å². The number of hydrogen-bond donors (Lipinski definition) is 1. The summed E-state index contributed by atoms with van der Waals surface area (Å²) in [6.45, 7) is 11.3. The molecule has 0 bridgehead atoms. The Morgan fingerprint density at radius 2 is 1.81 bits per heavy atom. The van der Waals surface area contributed by atoms with Gasteiger partial charge in [0.1, 0.15) is 0 Å². The number of allylic oxidation sites excluding steroid dienone is 2. The largest absolute Gasteiger partial charge is 0.386 e. The molecule has 0 heterocycles. The molecule has 0 aliphatic heterocycles. The maximum absolute atomic E-state index is 3.69. The molecule has 2 unspecified atom stereocenters. The Kier molecular flexibility index (Phi) is 9.46. The standard InChI is InChI=1S/C15H31N/c1-6-10-15(12-11-13(5)7-2)16-14(8-3)9-4/h8,13,15-16H,6-7,9-12H2,1-5H3/b14-8+. The highest BCUT2D eigenvalue weighted by atomic mass is 14.9. The number of rotatable bonds is 9. The smallest absolute Gasteiger partial charge is 0.0258 e. The summed E-state index contributed by atoms with van der Waals surface area (Å²) >= 11 is 0. The van der Waals surface area contributed by atoms with Crippen molar-refractivity contribution in [1.29, 1.82) is 0 Å². The van der Waals surface area contributed by atoms with E-state index in [1.807, 2.05) is 0 Å².